The molecule has 0 radical (unpaired) electrons. The van der Waals surface area contributed by atoms with Crippen molar-refractivity contribution in [2.75, 3.05) is 29.9 Å². The molecule has 2 aromatic rings. The van der Waals surface area contributed by atoms with E-state index in [1.54, 1.807) is 18.3 Å². The lowest BCUT2D eigenvalue weighted by Crippen LogP contribution is -2.52. The quantitative estimate of drug-likeness (QED) is 0.582. The second-order valence-corrected chi connectivity index (χ2v) is 7.23. The van der Waals surface area contributed by atoms with Crippen molar-refractivity contribution in [2.24, 2.45) is 17.4 Å². The van der Waals surface area contributed by atoms with Crippen LogP contribution in [-0.4, -0.2) is 42.2 Å². The van der Waals surface area contributed by atoms with Crippen LogP contribution in [0.5, 0.6) is 0 Å². The third-order valence-corrected chi connectivity index (χ3v) is 4.65. The molecule has 0 amide bonds. The molecular weight excluding hydrogens is 378 g/mol. The Labute approximate surface area is 168 Å². The maximum Gasteiger partial charge on any atom is 0.261 e. The highest BCUT2D eigenvalue weighted by Crippen LogP contribution is 2.25. The number of nitrogens with zero attached hydrogens (tertiary/aromatic N) is 3. The van der Waals surface area contributed by atoms with Crippen molar-refractivity contribution in [1.29, 1.82) is 0 Å². The maximum atomic E-state index is 12.2. The Bertz CT molecular complexity index is 909. The van der Waals surface area contributed by atoms with Crippen LogP contribution in [0, 0.1) is 5.92 Å². The second-order valence-electron chi connectivity index (χ2n) is 7.23. The number of nitrogens with one attached hydrogen (secondary N) is 1. The number of halogens is 2. The van der Waals surface area contributed by atoms with E-state index in [-0.39, 0.29) is 12.0 Å². The minimum absolute atomic E-state index is 0.184. The summed E-state index contributed by atoms with van der Waals surface area (Å²) in [5.41, 5.74) is 14.9. The Kier molecular flexibility index (Phi) is 6.48. The Morgan fingerprint density at radius 3 is 2.76 bits per heavy atom. The molecule has 1 fully saturated rings. The van der Waals surface area contributed by atoms with E-state index in [4.69, 9.17) is 16.2 Å². The van der Waals surface area contributed by atoms with Gasteiger partial charge >= 0.3 is 0 Å². The van der Waals surface area contributed by atoms with E-state index in [1.807, 2.05) is 30.9 Å². The van der Waals surface area contributed by atoms with Crippen LogP contribution in [0.4, 0.5) is 20.3 Å². The summed E-state index contributed by atoms with van der Waals surface area (Å²) in [6.07, 6.45) is 2.44. The monoisotopic (exact) mass is 404 g/mol. The van der Waals surface area contributed by atoms with Gasteiger partial charge < -0.3 is 26.4 Å². The Hall–Kier alpha value is -2.94. The second kappa shape index (κ2) is 9.04. The molecule has 1 aliphatic rings. The molecule has 29 heavy (non-hydrogen) atoms. The highest BCUT2D eigenvalue weighted by atomic mass is 19.3. The van der Waals surface area contributed by atoms with Gasteiger partial charge in [0.2, 0.25) is 0 Å². The molecule has 0 aromatic carbocycles. The fourth-order valence-electron chi connectivity index (χ4n) is 2.97. The van der Waals surface area contributed by atoms with Crippen molar-refractivity contribution in [3.63, 3.8) is 0 Å². The van der Waals surface area contributed by atoms with Gasteiger partial charge in [0.15, 0.2) is 0 Å². The summed E-state index contributed by atoms with van der Waals surface area (Å²) in [6, 6.07) is 5.57. The first-order valence-corrected chi connectivity index (χ1v) is 9.43. The standard InChI is InChI=1S/C20H26F2N6O/c1-12(2)13(7-23)5-19(24)27-20-4-3-16-17(26-20)6-14(8-25-16)28-9-15(10-28)29-11-18(21)22/h3-8,12,15,18H,9-11,23-24H2,1-2H3,(H,26,27)/b13-7+,19-5+. The van der Waals surface area contributed by atoms with Gasteiger partial charge in [-0.2, -0.15) is 0 Å². The smallest absolute Gasteiger partial charge is 0.261 e. The van der Waals surface area contributed by atoms with Gasteiger partial charge in [0.05, 0.1) is 29.0 Å². The molecule has 0 aliphatic carbocycles. The number of hydrogen-bond donors (Lipinski definition) is 3. The number of ether oxygens (including phenoxy) is 1. The Balaban J connectivity index is 1.69. The summed E-state index contributed by atoms with van der Waals surface area (Å²) < 4.78 is 29.6. The number of pyridine rings is 2. The molecule has 9 heteroatoms. The minimum Gasteiger partial charge on any atom is -0.404 e. The lowest BCUT2D eigenvalue weighted by Gasteiger charge is -2.40. The summed E-state index contributed by atoms with van der Waals surface area (Å²) in [5.74, 6) is 1.28. The first-order valence-electron chi connectivity index (χ1n) is 9.43. The van der Waals surface area contributed by atoms with E-state index in [2.05, 4.69) is 15.3 Å². The van der Waals surface area contributed by atoms with Gasteiger partial charge in [-0.3, -0.25) is 4.98 Å². The van der Waals surface area contributed by atoms with Crippen LogP contribution in [0.2, 0.25) is 0 Å². The molecule has 5 N–H and O–H groups in total. The zero-order valence-electron chi connectivity index (χ0n) is 16.5. The van der Waals surface area contributed by atoms with Gasteiger partial charge in [0, 0.05) is 13.1 Å². The highest BCUT2D eigenvalue weighted by Gasteiger charge is 2.28. The van der Waals surface area contributed by atoms with Gasteiger partial charge in [-0.15, -0.1) is 0 Å². The summed E-state index contributed by atoms with van der Waals surface area (Å²) in [6.45, 7) is 4.64. The zero-order chi connectivity index (χ0) is 21.0. The summed E-state index contributed by atoms with van der Waals surface area (Å²) in [5, 5.41) is 3.06. The molecule has 3 rings (SSSR count). The molecule has 0 spiro atoms. The molecular formula is C20H26F2N6O. The predicted octanol–water partition coefficient (Wildman–Crippen LogP) is 2.81. The van der Waals surface area contributed by atoms with Crippen molar-refractivity contribution < 1.29 is 13.5 Å². The van der Waals surface area contributed by atoms with Crippen LogP contribution < -0.4 is 21.7 Å². The number of allylic oxidation sites excluding steroid dienone is 2. The third-order valence-electron chi connectivity index (χ3n) is 4.65. The van der Waals surface area contributed by atoms with Crippen molar-refractivity contribution >= 4 is 22.5 Å². The summed E-state index contributed by atoms with van der Waals surface area (Å²) >= 11 is 0. The van der Waals surface area contributed by atoms with Gasteiger partial charge in [0.25, 0.3) is 6.43 Å². The van der Waals surface area contributed by atoms with Gasteiger partial charge in [-0.05, 0) is 42.0 Å². The summed E-state index contributed by atoms with van der Waals surface area (Å²) in [7, 11) is 0. The largest absolute Gasteiger partial charge is 0.404 e. The van der Waals surface area contributed by atoms with E-state index < -0.39 is 13.0 Å². The van der Waals surface area contributed by atoms with Gasteiger partial charge in [-0.1, -0.05) is 13.8 Å². The minimum atomic E-state index is -2.44. The average Bonchev–Trinajstić information content (AvgIpc) is 2.64. The molecule has 156 valence electrons. The van der Waals surface area contributed by atoms with Crippen LogP contribution in [0.15, 0.2) is 48.1 Å². The fourth-order valence-corrected chi connectivity index (χ4v) is 2.97. The molecule has 0 unspecified atom stereocenters. The van der Waals surface area contributed by atoms with Crippen LogP contribution in [0.3, 0.4) is 0 Å². The van der Waals surface area contributed by atoms with Crippen LogP contribution >= 0.6 is 0 Å². The number of nitrogens with two attached hydrogens (primary N) is 2. The number of hydrogen-bond acceptors (Lipinski definition) is 7. The normalized spacial score (nSPS) is 16.0. The lowest BCUT2D eigenvalue weighted by molar-refractivity contribution is -0.0335. The molecule has 0 bridgehead atoms. The summed E-state index contributed by atoms with van der Waals surface area (Å²) in [4.78, 5) is 11.0. The topological polar surface area (TPSA) is 102 Å². The number of alkyl halides is 2. The molecule has 1 saturated heterocycles. The molecule has 1 aliphatic heterocycles. The van der Waals surface area contributed by atoms with Crippen molar-refractivity contribution in [2.45, 2.75) is 26.4 Å². The maximum absolute atomic E-state index is 12.2. The zero-order valence-corrected chi connectivity index (χ0v) is 16.5. The molecule has 0 atom stereocenters. The third kappa shape index (κ3) is 5.32. The first-order chi connectivity index (χ1) is 13.9. The SMILES string of the molecule is CC(C)C(=C/N)/C=C(\N)Nc1ccc2ncc(N3CC(OCC(F)F)C3)cc2n1. The molecule has 3 heterocycles. The van der Waals surface area contributed by atoms with Crippen molar-refractivity contribution in [3.05, 3.63) is 48.1 Å². The van der Waals surface area contributed by atoms with E-state index in [9.17, 15) is 8.78 Å². The van der Waals surface area contributed by atoms with E-state index in [1.165, 1.54) is 6.20 Å². The van der Waals surface area contributed by atoms with Crippen LogP contribution in [0.25, 0.3) is 11.0 Å². The van der Waals surface area contributed by atoms with E-state index in [0.29, 0.717) is 30.2 Å². The number of rotatable bonds is 8. The highest BCUT2D eigenvalue weighted by molar-refractivity contribution is 5.80. The fraction of sp³-hybridized carbons (Fsp3) is 0.400. The first kappa shape index (κ1) is 20.8. The molecule has 0 saturated carbocycles. The Morgan fingerprint density at radius 2 is 2.10 bits per heavy atom. The van der Waals surface area contributed by atoms with E-state index >= 15 is 0 Å². The predicted molar refractivity (Wildman–Crippen MR) is 110 cm³/mol. The number of aromatic nitrogens is 2. The number of anilines is 2. The van der Waals surface area contributed by atoms with Crippen molar-refractivity contribution in [3.8, 4) is 0 Å². The Morgan fingerprint density at radius 1 is 1.34 bits per heavy atom. The van der Waals surface area contributed by atoms with Gasteiger partial charge in [-0.25, -0.2) is 13.8 Å². The van der Waals surface area contributed by atoms with Crippen molar-refractivity contribution in [1.82, 2.24) is 9.97 Å². The molecule has 7 nitrogen and oxygen atoms in total. The average molecular weight is 404 g/mol. The number of fused-ring (bicyclic) bond motifs is 1. The van der Waals surface area contributed by atoms with Crippen LogP contribution in [0.1, 0.15) is 13.8 Å². The molecule has 2 aromatic heterocycles. The van der Waals surface area contributed by atoms with Gasteiger partial charge in [0.1, 0.15) is 18.2 Å². The van der Waals surface area contributed by atoms with Crippen LogP contribution in [-0.2, 0) is 4.74 Å². The van der Waals surface area contributed by atoms with E-state index in [0.717, 1.165) is 16.8 Å². The lowest BCUT2D eigenvalue weighted by atomic mass is 10.0.